The van der Waals surface area contributed by atoms with Gasteiger partial charge in [0.2, 0.25) is 12.8 Å². The molecule has 2 amide bonds. The molecule has 0 aromatic heterocycles. The summed E-state index contributed by atoms with van der Waals surface area (Å²) < 4.78 is 0. The van der Waals surface area contributed by atoms with Crippen molar-refractivity contribution >= 4 is 12.8 Å². The summed E-state index contributed by atoms with van der Waals surface area (Å²) in [7, 11) is 0. The third-order valence-corrected chi connectivity index (χ3v) is 2.79. The number of amides is 2. The first kappa shape index (κ1) is 16.4. The minimum Gasteiger partial charge on any atom is -0.302 e. The van der Waals surface area contributed by atoms with E-state index in [0.717, 1.165) is 12.3 Å². The molecule has 0 radical (unpaired) electrons. The second kappa shape index (κ2) is 10.5. The maximum absolute atomic E-state index is 9.06. The van der Waals surface area contributed by atoms with Gasteiger partial charge in [0.05, 0.1) is 0 Å². The molecule has 1 N–H and O–H groups in total. The Kier molecular flexibility index (Phi) is 9.55. The van der Waals surface area contributed by atoms with Gasteiger partial charge in [0.15, 0.2) is 0 Å². The van der Waals surface area contributed by atoms with Gasteiger partial charge >= 0.3 is 0 Å². The predicted molar refractivity (Wildman–Crippen MR) is 74.4 cm³/mol. The first-order chi connectivity index (χ1) is 8.69. The maximum atomic E-state index is 9.06. The van der Waals surface area contributed by atoms with Crippen LogP contribution in [0, 0.1) is 0 Å². The molecule has 1 rings (SSSR count). The van der Waals surface area contributed by atoms with Crippen molar-refractivity contribution in [2.75, 3.05) is 0 Å². The second-order valence-electron chi connectivity index (χ2n) is 4.19. The summed E-state index contributed by atoms with van der Waals surface area (Å²) in [6, 6.07) is 8.99. The zero-order valence-electron chi connectivity index (χ0n) is 11.5. The Morgan fingerprint density at radius 2 is 1.89 bits per heavy atom. The lowest BCUT2D eigenvalue weighted by molar-refractivity contribution is -0.117. The Hall–Kier alpha value is -1.64. The number of nitrogens with one attached hydrogen (secondary N) is 1. The highest BCUT2D eigenvalue weighted by atomic mass is 16.2. The van der Waals surface area contributed by atoms with Crippen LogP contribution in [0.3, 0.4) is 0 Å². The fraction of sp³-hybridized carbons (Fsp3) is 0.467. The van der Waals surface area contributed by atoms with Gasteiger partial charge in [-0.15, -0.1) is 0 Å². The molecule has 3 nitrogen and oxygen atoms in total. The number of carbonyl (C=O) groups excluding carboxylic acids is 2. The van der Waals surface area contributed by atoms with Crippen LogP contribution < -0.4 is 5.32 Å². The van der Waals surface area contributed by atoms with Gasteiger partial charge in [-0.05, 0) is 29.9 Å². The van der Waals surface area contributed by atoms with Gasteiger partial charge in [-0.25, -0.2) is 0 Å². The predicted octanol–water partition coefficient (Wildman–Crippen LogP) is 3.04. The summed E-state index contributed by atoms with van der Waals surface area (Å²) >= 11 is 0. The number of benzene rings is 1. The molecule has 0 saturated carbocycles. The van der Waals surface area contributed by atoms with Crippen LogP contribution in [0.4, 0.5) is 0 Å². The van der Waals surface area contributed by atoms with Gasteiger partial charge < -0.3 is 5.32 Å². The molecule has 0 fully saturated rings. The van der Waals surface area contributed by atoms with Crippen LogP contribution in [0.15, 0.2) is 24.3 Å². The highest BCUT2D eigenvalue weighted by molar-refractivity contribution is 5.67. The largest absolute Gasteiger partial charge is 0.302 e. The molecule has 1 atom stereocenters. The zero-order valence-corrected chi connectivity index (χ0v) is 11.5. The van der Waals surface area contributed by atoms with Crippen molar-refractivity contribution < 1.29 is 9.59 Å². The van der Waals surface area contributed by atoms with E-state index in [4.69, 9.17) is 9.59 Å². The summed E-state index contributed by atoms with van der Waals surface area (Å²) in [5.74, 6) is 0.719. The molecule has 18 heavy (non-hydrogen) atoms. The van der Waals surface area contributed by atoms with Gasteiger partial charge in [0.25, 0.3) is 0 Å². The fourth-order valence-electron chi connectivity index (χ4n) is 1.75. The Labute approximate surface area is 110 Å². The lowest BCUT2D eigenvalue weighted by Gasteiger charge is -2.11. The van der Waals surface area contributed by atoms with E-state index in [1.54, 1.807) is 5.32 Å². The smallest absolute Gasteiger partial charge is 0.213 e. The van der Waals surface area contributed by atoms with Crippen LogP contribution in [0.2, 0.25) is 0 Å². The lowest BCUT2D eigenvalue weighted by Crippen LogP contribution is -2.04. The molecule has 0 aliphatic rings. The second-order valence-corrected chi connectivity index (χ2v) is 4.19. The molecule has 1 aromatic carbocycles. The molecule has 1 aromatic rings. The van der Waals surface area contributed by atoms with Crippen LogP contribution >= 0.6 is 0 Å². The van der Waals surface area contributed by atoms with Gasteiger partial charge in [0.1, 0.15) is 0 Å². The highest BCUT2D eigenvalue weighted by Gasteiger charge is 2.03. The van der Waals surface area contributed by atoms with Gasteiger partial charge in [-0.2, -0.15) is 0 Å². The van der Waals surface area contributed by atoms with E-state index >= 15 is 0 Å². The van der Waals surface area contributed by atoms with Crippen molar-refractivity contribution in [1.82, 2.24) is 5.32 Å². The SMILES string of the molecule is CCCC(C)c1cccc(CC)c1.O=CNC=O. The molecular formula is C15H23NO2. The van der Waals surface area contributed by atoms with E-state index in [-0.39, 0.29) is 0 Å². The average Bonchev–Trinajstić information content (AvgIpc) is 2.41. The number of imide groups is 1. The molecule has 0 heterocycles. The Balaban J connectivity index is 0.000000494. The summed E-state index contributed by atoms with van der Waals surface area (Å²) in [5.41, 5.74) is 2.96. The molecule has 0 bridgehead atoms. The van der Waals surface area contributed by atoms with Crippen molar-refractivity contribution in [1.29, 1.82) is 0 Å². The summed E-state index contributed by atoms with van der Waals surface area (Å²) in [6.45, 7) is 6.78. The topological polar surface area (TPSA) is 46.2 Å². The number of aryl methyl sites for hydroxylation is 1. The first-order valence-corrected chi connectivity index (χ1v) is 6.41. The molecule has 0 spiro atoms. The molecule has 0 aliphatic heterocycles. The van der Waals surface area contributed by atoms with E-state index in [2.05, 4.69) is 45.0 Å². The van der Waals surface area contributed by atoms with Crippen LogP contribution in [-0.4, -0.2) is 12.8 Å². The van der Waals surface area contributed by atoms with Crippen molar-refractivity contribution in [2.45, 2.75) is 46.0 Å². The number of hydrogen-bond acceptors (Lipinski definition) is 2. The Morgan fingerprint density at radius 1 is 1.22 bits per heavy atom. The van der Waals surface area contributed by atoms with Crippen LogP contribution in [0.5, 0.6) is 0 Å². The van der Waals surface area contributed by atoms with Crippen molar-refractivity contribution in [2.24, 2.45) is 0 Å². The average molecular weight is 249 g/mol. The molecule has 1 unspecified atom stereocenters. The normalized spacial score (nSPS) is 10.8. The maximum Gasteiger partial charge on any atom is 0.213 e. The summed E-state index contributed by atoms with van der Waals surface area (Å²) in [6.07, 6.45) is 4.34. The van der Waals surface area contributed by atoms with Gasteiger partial charge in [0, 0.05) is 0 Å². The molecule has 3 heteroatoms. The van der Waals surface area contributed by atoms with Crippen molar-refractivity contribution in [3.8, 4) is 0 Å². The zero-order chi connectivity index (χ0) is 13.8. The van der Waals surface area contributed by atoms with Crippen molar-refractivity contribution in [3.05, 3.63) is 35.4 Å². The van der Waals surface area contributed by atoms with Crippen molar-refractivity contribution in [3.63, 3.8) is 0 Å². The number of rotatable bonds is 6. The quantitative estimate of drug-likeness (QED) is 0.788. The molecule has 0 aliphatic carbocycles. The monoisotopic (exact) mass is 249 g/mol. The summed E-state index contributed by atoms with van der Waals surface area (Å²) in [4.78, 5) is 18.1. The van der Waals surface area contributed by atoms with Crippen LogP contribution in [0.25, 0.3) is 0 Å². The Bertz CT molecular complexity index is 344. The van der Waals surface area contributed by atoms with E-state index in [1.165, 1.54) is 24.0 Å². The van der Waals surface area contributed by atoms with Crippen LogP contribution in [-0.2, 0) is 16.0 Å². The fourth-order valence-corrected chi connectivity index (χ4v) is 1.75. The lowest BCUT2D eigenvalue weighted by atomic mass is 9.95. The minimum atomic E-state index is 0.312. The summed E-state index contributed by atoms with van der Waals surface area (Å²) in [5, 5.41) is 1.75. The minimum absolute atomic E-state index is 0.312. The third kappa shape index (κ3) is 6.84. The molecule has 100 valence electrons. The van der Waals surface area contributed by atoms with Gasteiger partial charge in [-0.3, -0.25) is 9.59 Å². The van der Waals surface area contributed by atoms with Gasteiger partial charge in [-0.1, -0.05) is 51.5 Å². The van der Waals surface area contributed by atoms with E-state index in [1.807, 2.05) is 0 Å². The molecule has 0 saturated heterocycles. The van der Waals surface area contributed by atoms with Crippen LogP contribution in [0.1, 0.15) is 50.7 Å². The first-order valence-electron chi connectivity index (χ1n) is 6.41. The molecular weight excluding hydrogens is 226 g/mol. The standard InChI is InChI=1S/C13H20.C2H3NO2/c1-4-7-11(3)13-9-6-8-12(5-2)10-13;4-1-3-2-5/h6,8-11H,4-5,7H2,1-3H3;1-2H,(H,3,4,5). The highest BCUT2D eigenvalue weighted by Crippen LogP contribution is 2.21. The van der Waals surface area contributed by atoms with E-state index in [9.17, 15) is 0 Å². The Morgan fingerprint density at radius 3 is 2.33 bits per heavy atom. The van der Waals surface area contributed by atoms with E-state index in [0.29, 0.717) is 12.8 Å². The van der Waals surface area contributed by atoms with E-state index < -0.39 is 0 Å². The number of hydrogen-bond donors (Lipinski definition) is 1. The number of carbonyl (C=O) groups is 2. The third-order valence-electron chi connectivity index (χ3n) is 2.79.